The molecule has 0 fully saturated rings. The summed E-state index contributed by atoms with van der Waals surface area (Å²) in [6.07, 6.45) is 3.82. The van der Waals surface area contributed by atoms with Crippen molar-refractivity contribution in [3.05, 3.63) is 34.9 Å². The molecule has 2 nitrogen and oxygen atoms in total. The smallest absolute Gasteiger partial charge is 0.0451 e. The lowest BCUT2D eigenvalue weighted by Gasteiger charge is -2.17. The van der Waals surface area contributed by atoms with Crippen LogP contribution in [0.15, 0.2) is 24.3 Å². The first-order valence-corrected chi connectivity index (χ1v) is 7.24. The number of nitrogens with one attached hydrogen (secondary N) is 1. The highest BCUT2D eigenvalue weighted by Gasteiger charge is 2.03. The molecule has 0 amide bonds. The van der Waals surface area contributed by atoms with E-state index in [1.165, 1.54) is 24.8 Å². The summed E-state index contributed by atoms with van der Waals surface area (Å²) in [4.78, 5) is 2.34. The van der Waals surface area contributed by atoms with E-state index in [0.717, 1.165) is 31.2 Å². The van der Waals surface area contributed by atoms with Crippen LogP contribution in [0.4, 0.5) is 0 Å². The van der Waals surface area contributed by atoms with Crippen molar-refractivity contribution in [2.75, 3.05) is 26.7 Å². The Bertz CT molecular complexity index is 328. The number of rotatable bonds is 9. The van der Waals surface area contributed by atoms with Crippen LogP contribution in [0.1, 0.15) is 31.7 Å². The molecule has 3 heteroatoms. The van der Waals surface area contributed by atoms with Gasteiger partial charge in [-0.25, -0.2) is 0 Å². The van der Waals surface area contributed by atoms with Gasteiger partial charge < -0.3 is 10.2 Å². The van der Waals surface area contributed by atoms with E-state index in [4.69, 9.17) is 11.6 Å². The van der Waals surface area contributed by atoms with Crippen molar-refractivity contribution < 1.29 is 0 Å². The summed E-state index contributed by atoms with van der Waals surface area (Å²) < 4.78 is 0. The summed E-state index contributed by atoms with van der Waals surface area (Å²) in [6.45, 7) is 6.44. The van der Waals surface area contributed by atoms with Gasteiger partial charge in [0.05, 0.1) is 0 Å². The molecule has 0 saturated carbocycles. The number of unbranched alkanes of at least 4 members (excludes halogenated alkanes) is 2. The standard InChI is InChI=1S/C15H25ClN2/c1-3-17-11-7-4-8-12-18(2)13-14-9-5-6-10-15(14)16/h5-6,9-10,17H,3-4,7-8,11-13H2,1-2H3. The van der Waals surface area contributed by atoms with Crippen molar-refractivity contribution in [3.63, 3.8) is 0 Å². The molecule has 1 N–H and O–H groups in total. The van der Waals surface area contributed by atoms with Gasteiger partial charge in [0.25, 0.3) is 0 Å². The van der Waals surface area contributed by atoms with Gasteiger partial charge in [0.2, 0.25) is 0 Å². The van der Waals surface area contributed by atoms with E-state index in [1.54, 1.807) is 0 Å². The second kappa shape index (κ2) is 9.37. The lowest BCUT2D eigenvalue weighted by molar-refractivity contribution is 0.317. The van der Waals surface area contributed by atoms with E-state index in [-0.39, 0.29) is 0 Å². The van der Waals surface area contributed by atoms with Crippen molar-refractivity contribution in [3.8, 4) is 0 Å². The summed E-state index contributed by atoms with van der Waals surface area (Å²) >= 11 is 6.15. The fraction of sp³-hybridized carbons (Fsp3) is 0.600. The predicted octanol–water partition coefficient (Wildman–Crippen LogP) is 3.55. The molecule has 0 aliphatic heterocycles. The fourth-order valence-electron chi connectivity index (χ4n) is 1.98. The van der Waals surface area contributed by atoms with Gasteiger partial charge in [-0.3, -0.25) is 0 Å². The molecule has 0 heterocycles. The van der Waals surface area contributed by atoms with E-state index in [2.05, 4.69) is 30.3 Å². The number of hydrogen-bond acceptors (Lipinski definition) is 2. The Hall–Kier alpha value is -0.570. The van der Waals surface area contributed by atoms with Gasteiger partial charge in [-0.15, -0.1) is 0 Å². The van der Waals surface area contributed by atoms with Crippen LogP contribution >= 0.6 is 11.6 Å². The van der Waals surface area contributed by atoms with Gasteiger partial charge >= 0.3 is 0 Å². The topological polar surface area (TPSA) is 15.3 Å². The molecule has 0 bridgehead atoms. The highest BCUT2D eigenvalue weighted by molar-refractivity contribution is 6.31. The van der Waals surface area contributed by atoms with Crippen LogP contribution < -0.4 is 5.32 Å². The van der Waals surface area contributed by atoms with Gasteiger partial charge in [-0.05, 0) is 51.2 Å². The Labute approximate surface area is 116 Å². The molecule has 0 atom stereocenters. The minimum absolute atomic E-state index is 0.872. The molecule has 0 aliphatic rings. The van der Waals surface area contributed by atoms with Crippen LogP contribution in [-0.4, -0.2) is 31.6 Å². The molecule has 1 rings (SSSR count). The van der Waals surface area contributed by atoms with Crippen LogP contribution in [0.25, 0.3) is 0 Å². The van der Waals surface area contributed by atoms with E-state index in [0.29, 0.717) is 0 Å². The zero-order valence-electron chi connectivity index (χ0n) is 11.6. The number of nitrogens with zero attached hydrogens (tertiary/aromatic N) is 1. The van der Waals surface area contributed by atoms with Gasteiger partial charge in [0, 0.05) is 11.6 Å². The molecule has 1 aromatic rings. The second-order valence-electron chi connectivity index (χ2n) is 4.74. The number of benzene rings is 1. The molecule has 0 spiro atoms. The normalized spacial score (nSPS) is 11.1. The van der Waals surface area contributed by atoms with E-state index >= 15 is 0 Å². The summed E-state index contributed by atoms with van der Waals surface area (Å²) in [6, 6.07) is 8.09. The average molecular weight is 269 g/mol. The van der Waals surface area contributed by atoms with Crippen molar-refractivity contribution in [2.24, 2.45) is 0 Å². The quantitative estimate of drug-likeness (QED) is 0.689. The van der Waals surface area contributed by atoms with Crippen molar-refractivity contribution >= 4 is 11.6 Å². The third kappa shape index (κ3) is 6.39. The van der Waals surface area contributed by atoms with E-state index in [1.807, 2.05) is 18.2 Å². The first-order valence-electron chi connectivity index (χ1n) is 6.86. The third-order valence-corrected chi connectivity index (χ3v) is 3.41. The molecular formula is C15H25ClN2. The van der Waals surface area contributed by atoms with Gasteiger partial charge in [-0.2, -0.15) is 0 Å². The molecule has 0 saturated heterocycles. The van der Waals surface area contributed by atoms with Gasteiger partial charge in [-0.1, -0.05) is 43.1 Å². The van der Waals surface area contributed by atoms with Gasteiger partial charge in [0.15, 0.2) is 0 Å². The fourth-order valence-corrected chi connectivity index (χ4v) is 2.18. The maximum Gasteiger partial charge on any atom is 0.0451 e. The summed E-state index contributed by atoms with van der Waals surface area (Å²) in [5.41, 5.74) is 1.22. The minimum Gasteiger partial charge on any atom is -0.317 e. The zero-order valence-corrected chi connectivity index (χ0v) is 12.3. The number of halogens is 1. The SMILES string of the molecule is CCNCCCCCN(C)Cc1ccccc1Cl. The highest BCUT2D eigenvalue weighted by Crippen LogP contribution is 2.16. The molecule has 18 heavy (non-hydrogen) atoms. The minimum atomic E-state index is 0.872. The van der Waals surface area contributed by atoms with Crippen molar-refractivity contribution in [1.82, 2.24) is 10.2 Å². The van der Waals surface area contributed by atoms with Crippen LogP contribution in [0.3, 0.4) is 0 Å². The van der Waals surface area contributed by atoms with Crippen LogP contribution in [0, 0.1) is 0 Å². The van der Waals surface area contributed by atoms with Crippen LogP contribution in [-0.2, 0) is 6.54 Å². The number of hydrogen-bond donors (Lipinski definition) is 1. The Balaban J connectivity index is 2.14. The van der Waals surface area contributed by atoms with Gasteiger partial charge in [0.1, 0.15) is 0 Å². The Morgan fingerprint density at radius 1 is 1.17 bits per heavy atom. The molecule has 0 radical (unpaired) electrons. The Morgan fingerprint density at radius 3 is 2.67 bits per heavy atom. The van der Waals surface area contributed by atoms with E-state index < -0.39 is 0 Å². The lowest BCUT2D eigenvalue weighted by atomic mass is 10.2. The summed E-state index contributed by atoms with van der Waals surface area (Å²) in [5, 5.41) is 4.22. The third-order valence-electron chi connectivity index (χ3n) is 3.04. The average Bonchev–Trinajstić information content (AvgIpc) is 2.36. The molecule has 0 unspecified atom stereocenters. The molecule has 1 aromatic carbocycles. The second-order valence-corrected chi connectivity index (χ2v) is 5.15. The maximum atomic E-state index is 6.15. The molecular weight excluding hydrogens is 244 g/mol. The monoisotopic (exact) mass is 268 g/mol. The summed E-state index contributed by atoms with van der Waals surface area (Å²) in [7, 11) is 2.16. The maximum absolute atomic E-state index is 6.15. The first kappa shape index (κ1) is 15.5. The van der Waals surface area contributed by atoms with Crippen molar-refractivity contribution in [2.45, 2.75) is 32.7 Å². The molecule has 102 valence electrons. The van der Waals surface area contributed by atoms with Crippen LogP contribution in [0.2, 0.25) is 5.02 Å². The lowest BCUT2D eigenvalue weighted by Crippen LogP contribution is -2.20. The molecule has 0 aromatic heterocycles. The summed E-state index contributed by atoms with van der Waals surface area (Å²) in [5.74, 6) is 0. The largest absolute Gasteiger partial charge is 0.317 e. The van der Waals surface area contributed by atoms with E-state index in [9.17, 15) is 0 Å². The Kier molecular flexibility index (Phi) is 8.06. The predicted molar refractivity (Wildman–Crippen MR) is 80.2 cm³/mol. The zero-order chi connectivity index (χ0) is 13.2. The first-order chi connectivity index (χ1) is 8.74. The Morgan fingerprint density at radius 2 is 1.94 bits per heavy atom. The van der Waals surface area contributed by atoms with Crippen molar-refractivity contribution in [1.29, 1.82) is 0 Å². The molecule has 0 aliphatic carbocycles. The van der Waals surface area contributed by atoms with Crippen LogP contribution in [0.5, 0.6) is 0 Å². The highest BCUT2D eigenvalue weighted by atomic mass is 35.5.